The Bertz CT molecular complexity index is 1050. The predicted molar refractivity (Wildman–Crippen MR) is 111 cm³/mol. The van der Waals surface area contributed by atoms with E-state index >= 15 is 0 Å². The van der Waals surface area contributed by atoms with Crippen LogP contribution >= 0.6 is 0 Å². The van der Waals surface area contributed by atoms with Gasteiger partial charge in [-0.15, -0.1) is 0 Å². The number of aromatic nitrogens is 2. The van der Waals surface area contributed by atoms with Crippen LogP contribution in [-0.4, -0.2) is 36.6 Å². The first-order chi connectivity index (χ1) is 14.2. The van der Waals surface area contributed by atoms with Gasteiger partial charge in [0.05, 0.1) is 0 Å². The van der Waals surface area contributed by atoms with E-state index < -0.39 is 27.6 Å². The smallest absolute Gasteiger partial charge is 0.258 e. The number of hydrogen-bond donors (Lipinski definition) is 1. The zero-order valence-corrected chi connectivity index (χ0v) is 17.7. The van der Waals surface area contributed by atoms with Gasteiger partial charge in [0.1, 0.15) is 11.4 Å². The molecule has 1 atom stereocenters. The van der Waals surface area contributed by atoms with Crippen LogP contribution in [0.2, 0.25) is 0 Å². The quantitative estimate of drug-likeness (QED) is 0.714. The lowest BCUT2D eigenvalue weighted by Crippen LogP contribution is -2.32. The summed E-state index contributed by atoms with van der Waals surface area (Å²) in [4.78, 5) is 21.5. The summed E-state index contributed by atoms with van der Waals surface area (Å²) in [5.74, 6) is -0.456. The second kappa shape index (κ2) is 9.34. The maximum absolute atomic E-state index is 14.1. The number of benzene rings is 1. The average Bonchev–Trinajstić information content (AvgIpc) is 3.22. The molecule has 30 heavy (non-hydrogen) atoms. The number of sulfone groups is 1. The van der Waals surface area contributed by atoms with Gasteiger partial charge in [-0.05, 0) is 31.9 Å². The van der Waals surface area contributed by atoms with Gasteiger partial charge in [0.25, 0.3) is 5.91 Å². The van der Waals surface area contributed by atoms with Crippen molar-refractivity contribution in [3.63, 3.8) is 0 Å². The lowest BCUT2D eigenvalue weighted by Gasteiger charge is -2.15. The minimum Gasteiger partial charge on any atom is -0.435 e. The Labute approximate surface area is 175 Å². The van der Waals surface area contributed by atoms with Crippen LogP contribution in [-0.2, 0) is 9.84 Å². The van der Waals surface area contributed by atoms with Crippen molar-refractivity contribution in [1.82, 2.24) is 15.3 Å². The molecule has 0 saturated heterocycles. The number of nitrogens with one attached hydrogen (secondary N) is 1. The standard InChI is InChI=1S/C21H24FN3O4S/c1-14(11-12-30(2,27)28)24-20(26)16-13-23-19(15-7-3-4-8-15)25-21(16)29-18-10-6-5-9-17(18)22/h5-6,9-15H,3-4,7-8H2,1-2H3,(H,24,26)/b12-11+/t14-/m0/s1. The van der Waals surface area contributed by atoms with Crippen LogP contribution in [0.1, 0.15) is 54.7 Å². The third kappa shape index (κ3) is 5.85. The van der Waals surface area contributed by atoms with Crippen LogP contribution in [0.4, 0.5) is 4.39 Å². The van der Waals surface area contributed by atoms with Crippen molar-refractivity contribution < 1.29 is 22.3 Å². The molecule has 1 aromatic heterocycles. The molecule has 0 bridgehead atoms. The number of carbonyl (C=O) groups is 1. The summed E-state index contributed by atoms with van der Waals surface area (Å²) >= 11 is 0. The van der Waals surface area contributed by atoms with Crippen molar-refractivity contribution in [2.45, 2.75) is 44.6 Å². The predicted octanol–water partition coefficient (Wildman–Crippen LogP) is 3.74. The minimum absolute atomic E-state index is 0.0335. The average molecular weight is 434 g/mol. The summed E-state index contributed by atoms with van der Waals surface area (Å²) < 4.78 is 42.3. The summed E-state index contributed by atoms with van der Waals surface area (Å²) in [5, 5.41) is 3.68. The van der Waals surface area contributed by atoms with Crippen molar-refractivity contribution in [3.8, 4) is 11.6 Å². The van der Waals surface area contributed by atoms with Gasteiger partial charge in [0.2, 0.25) is 5.88 Å². The summed E-state index contributed by atoms with van der Waals surface area (Å²) in [6.45, 7) is 1.63. The molecule has 1 amide bonds. The number of para-hydroxylation sites is 1. The summed E-state index contributed by atoms with van der Waals surface area (Å²) in [7, 11) is -3.31. The third-order valence-electron chi connectivity index (χ3n) is 4.75. The fourth-order valence-corrected chi connectivity index (χ4v) is 3.74. The van der Waals surface area contributed by atoms with E-state index in [-0.39, 0.29) is 23.1 Å². The molecule has 1 aliphatic carbocycles. The van der Waals surface area contributed by atoms with Crippen molar-refractivity contribution in [2.75, 3.05) is 6.26 Å². The topological polar surface area (TPSA) is 98.2 Å². The van der Waals surface area contributed by atoms with Crippen LogP contribution in [0.15, 0.2) is 41.9 Å². The van der Waals surface area contributed by atoms with E-state index in [4.69, 9.17) is 4.74 Å². The number of ether oxygens (including phenoxy) is 1. The Balaban J connectivity index is 1.89. The van der Waals surface area contributed by atoms with Gasteiger partial charge < -0.3 is 10.1 Å². The number of nitrogens with zero attached hydrogens (tertiary/aromatic N) is 2. The molecule has 0 spiro atoms. The largest absolute Gasteiger partial charge is 0.435 e. The van der Waals surface area contributed by atoms with Crippen LogP contribution < -0.4 is 10.1 Å². The van der Waals surface area contributed by atoms with Crippen LogP contribution in [0.5, 0.6) is 11.6 Å². The molecule has 0 aliphatic heterocycles. The number of rotatable bonds is 7. The van der Waals surface area contributed by atoms with E-state index in [1.807, 2.05) is 0 Å². The zero-order valence-electron chi connectivity index (χ0n) is 16.8. The van der Waals surface area contributed by atoms with Crippen LogP contribution in [0.3, 0.4) is 0 Å². The first-order valence-electron chi connectivity index (χ1n) is 9.71. The van der Waals surface area contributed by atoms with E-state index in [1.54, 1.807) is 13.0 Å². The molecule has 9 heteroatoms. The van der Waals surface area contributed by atoms with Crippen LogP contribution in [0, 0.1) is 5.82 Å². The molecular weight excluding hydrogens is 409 g/mol. The van der Waals surface area contributed by atoms with E-state index in [0.29, 0.717) is 5.82 Å². The highest BCUT2D eigenvalue weighted by Crippen LogP contribution is 2.34. The molecule has 160 valence electrons. The molecule has 0 radical (unpaired) electrons. The van der Waals surface area contributed by atoms with Crippen molar-refractivity contribution in [3.05, 3.63) is 59.2 Å². The molecule has 3 rings (SSSR count). The Morgan fingerprint density at radius 3 is 2.67 bits per heavy atom. The van der Waals surface area contributed by atoms with E-state index in [1.165, 1.54) is 30.5 Å². The Kier molecular flexibility index (Phi) is 6.81. The molecule has 0 unspecified atom stereocenters. The normalized spacial score (nSPS) is 16.0. The van der Waals surface area contributed by atoms with Gasteiger partial charge in [-0.1, -0.05) is 31.1 Å². The summed E-state index contributed by atoms with van der Waals surface area (Å²) in [5.41, 5.74) is 0.0413. The van der Waals surface area contributed by atoms with Crippen molar-refractivity contribution in [2.24, 2.45) is 0 Å². The first kappa shape index (κ1) is 21.9. The van der Waals surface area contributed by atoms with E-state index in [9.17, 15) is 17.6 Å². The van der Waals surface area contributed by atoms with Gasteiger partial charge in [-0.25, -0.2) is 17.8 Å². The Morgan fingerprint density at radius 1 is 1.30 bits per heavy atom. The highest BCUT2D eigenvalue weighted by atomic mass is 32.2. The van der Waals surface area contributed by atoms with Gasteiger partial charge in [-0.3, -0.25) is 4.79 Å². The molecule has 1 fully saturated rings. The zero-order chi connectivity index (χ0) is 21.7. The molecule has 1 aliphatic rings. The Morgan fingerprint density at radius 2 is 2.00 bits per heavy atom. The second-order valence-electron chi connectivity index (χ2n) is 7.38. The van der Waals surface area contributed by atoms with Crippen molar-refractivity contribution >= 4 is 15.7 Å². The fraction of sp³-hybridized carbons (Fsp3) is 0.381. The maximum atomic E-state index is 14.1. The lowest BCUT2D eigenvalue weighted by atomic mass is 10.1. The van der Waals surface area contributed by atoms with Gasteiger partial charge in [0, 0.05) is 29.8 Å². The van der Waals surface area contributed by atoms with E-state index in [2.05, 4.69) is 15.3 Å². The number of halogens is 1. The molecular formula is C21H24FN3O4S. The van der Waals surface area contributed by atoms with Gasteiger partial charge in [0.15, 0.2) is 21.4 Å². The maximum Gasteiger partial charge on any atom is 0.258 e. The Hall–Kier alpha value is -2.81. The van der Waals surface area contributed by atoms with Crippen LogP contribution in [0.25, 0.3) is 0 Å². The SMILES string of the molecule is C[C@@H](/C=C/S(C)(=O)=O)NC(=O)c1cnc(C2CCCC2)nc1Oc1ccccc1F. The highest BCUT2D eigenvalue weighted by Gasteiger charge is 2.24. The highest BCUT2D eigenvalue weighted by molar-refractivity contribution is 7.93. The summed E-state index contributed by atoms with van der Waals surface area (Å²) in [6, 6.07) is 5.30. The number of amides is 1. The minimum atomic E-state index is -3.31. The van der Waals surface area contributed by atoms with Crippen molar-refractivity contribution in [1.29, 1.82) is 0 Å². The van der Waals surface area contributed by atoms with Gasteiger partial charge in [-0.2, -0.15) is 4.98 Å². The monoisotopic (exact) mass is 433 g/mol. The first-order valence-corrected chi connectivity index (χ1v) is 11.7. The lowest BCUT2D eigenvalue weighted by molar-refractivity contribution is 0.0943. The summed E-state index contributed by atoms with van der Waals surface area (Å²) in [6.07, 6.45) is 7.88. The molecule has 1 aromatic carbocycles. The number of carbonyl (C=O) groups excluding carboxylic acids is 1. The molecule has 1 N–H and O–H groups in total. The fourth-order valence-electron chi connectivity index (χ4n) is 3.22. The number of hydrogen-bond acceptors (Lipinski definition) is 6. The van der Waals surface area contributed by atoms with E-state index in [0.717, 1.165) is 37.3 Å². The molecule has 7 nitrogen and oxygen atoms in total. The second-order valence-corrected chi connectivity index (χ2v) is 9.31. The molecule has 2 aromatic rings. The molecule has 1 saturated carbocycles. The molecule has 1 heterocycles. The van der Waals surface area contributed by atoms with Gasteiger partial charge >= 0.3 is 0 Å². The third-order valence-corrected chi connectivity index (χ3v) is 5.41.